The Kier molecular flexibility index (Phi) is 8.40. The fourth-order valence-electron chi connectivity index (χ4n) is 3.43. The highest BCUT2D eigenvalue weighted by atomic mass is 19.4. The van der Waals surface area contributed by atoms with E-state index in [4.69, 9.17) is 0 Å². The summed E-state index contributed by atoms with van der Waals surface area (Å²) in [5.41, 5.74) is -5.02. The molecule has 1 atom stereocenters. The van der Waals surface area contributed by atoms with Crippen molar-refractivity contribution in [2.24, 2.45) is 0 Å². The molecule has 0 aliphatic carbocycles. The quantitative estimate of drug-likeness (QED) is 0.248. The zero-order valence-electron chi connectivity index (χ0n) is 19.8. The maximum atomic E-state index is 14.9. The molecule has 16 heteroatoms. The summed E-state index contributed by atoms with van der Waals surface area (Å²) in [6.45, 7) is 0. The van der Waals surface area contributed by atoms with E-state index in [1.165, 1.54) is 25.5 Å². The van der Waals surface area contributed by atoms with Gasteiger partial charge in [-0.05, 0) is 42.0 Å². The second-order valence-electron chi connectivity index (χ2n) is 8.08. The number of rotatable bonds is 6. The second-order valence-corrected chi connectivity index (χ2v) is 8.08. The molecule has 3 rings (SSSR count). The van der Waals surface area contributed by atoms with E-state index in [1.54, 1.807) is 0 Å². The van der Waals surface area contributed by atoms with Gasteiger partial charge >= 0.3 is 18.5 Å². The molecule has 1 aromatic heterocycles. The molecule has 40 heavy (non-hydrogen) atoms. The summed E-state index contributed by atoms with van der Waals surface area (Å²) in [6, 6.07) is 2.86. The van der Waals surface area contributed by atoms with Crippen LogP contribution >= 0.6 is 0 Å². The van der Waals surface area contributed by atoms with Crippen LogP contribution in [0.3, 0.4) is 0 Å². The Labute approximate surface area is 217 Å². The minimum atomic E-state index is -5.42. The fourth-order valence-corrected chi connectivity index (χ4v) is 3.43. The van der Waals surface area contributed by atoms with E-state index < -0.39 is 69.8 Å². The first-order valence-electron chi connectivity index (χ1n) is 10.7. The van der Waals surface area contributed by atoms with E-state index in [9.17, 15) is 53.1 Å². The number of benzene rings is 2. The molecule has 2 aromatic carbocycles. The van der Waals surface area contributed by atoms with E-state index >= 15 is 0 Å². The van der Waals surface area contributed by atoms with Crippen LogP contribution in [-0.4, -0.2) is 29.1 Å². The van der Waals surface area contributed by atoms with E-state index in [1.807, 2.05) is 0 Å². The number of nitrogens with one attached hydrogen (secondary N) is 1. The Balaban J connectivity index is 2.02. The first-order valence-corrected chi connectivity index (χ1v) is 10.7. The Bertz CT molecular complexity index is 1400. The van der Waals surface area contributed by atoms with Crippen LogP contribution in [0.2, 0.25) is 0 Å². The van der Waals surface area contributed by atoms with Gasteiger partial charge in [-0.2, -0.15) is 39.5 Å². The lowest BCUT2D eigenvalue weighted by molar-refractivity contribution is -0.143. The molecule has 1 unspecified atom stereocenters. The smallest absolute Gasteiger partial charge is 0.267 e. The summed E-state index contributed by atoms with van der Waals surface area (Å²) >= 11 is 0. The second kappa shape index (κ2) is 11.1. The van der Waals surface area contributed by atoms with Gasteiger partial charge in [0.1, 0.15) is 17.6 Å². The SMILES string of the molecule is CN(NC(=O)c1ccc(C(F)=CC(c2ccc(F)c(C(F)(F)F)c2)C(F)(F)F)cc1C(F)(F)F)c1ncccn1. The van der Waals surface area contributed by atoms with Gasteiger partial charge in [-0.15, -0.1) is 0 Å². The molecule has 0 aliphatic rings. The normalized spacial score (nSPS) is 13.7. The van der Waals surface area contributed by atoms with Gasteiger partial charge in [0.25, 0.3) is 5.91 Å². The molecule has 214 valence electrons. The van der Waals surface area contributed by atoms with Gasteiger partial charge in [0, 0.05) is 25.0 Å². The number of amides is 1. The molecule has 1 N–H and O–H groups in total. The van der Waals surface area contributed by atoms with E-state index in [0.29, 0.717) is 18.2 Å². The van der Waals surface area contributed by atoms with Gasteiger partial charge in [0.2, 0.25) is 5.95 Å². The van der Waals surface area contributed by atoms with Gasteiger partial charge in [0.05, 0.1) is 16.7 Å². The van der Waals surface area contributed by atoms with Crippen molar-refractivity contribution in [1.82, 2.24) is 15.4 Å². The van der Waals surface area contributed by atoms with Gasteiger partial charge in [-0.3, -0.25) is 15.2 Å². The van der Waals surface area contributed by atoms with Gasteiger partial charge in [-0.25, -0.2) is 18.7 Å². The standard InChI is InChI=1S/C24H15F11N4O/c1-39(21-36-7-2-8-37-21)38-20(40)14-5-3-13(10-16(14)23(30,31)32)19(26)11-15(22(27,28)29)12-4-6-18(25)17(9-12)24(33,34)35/h2-11,15H,1H3,(H,38,40). The number of nitrogens with zero attached hydrogens (tertiary/aromatic N) is 3. The Morgan fingerprint density at radius 2 is 1.50 bits per heavy atom. The molecule has 0 bridgehead atoms. The average molecular weight is 584 g/mol. The molecule has 0 fully saturated rings. The third-order valence-electron chi connectivity index (χ3n) is 5.29. The highest BCUT2D eigenvalue weighted by Crippen LogP contribution is 2.42. The Morgan fingerprint density at radius 3 is 2.05 bits per heavy atom. The number of hydrogen-bond donors (Lipinski definition) is 1. The van der Waals surface area contributed by atoms with Crippen molar-refractivity contribution in [2.75, 3.05) is 12.1 Å². The fraction of sp³-hybridized carbons (Fsp3) is 0.208. The Morgan fingerprint density at radius 1 is 0.900 bits per heavy atom. The number of hydrogen-bond acceptors (Lipinski definition) is 4. The lowest BCUT2D eigenvalue weighted by atomic mass is 9.94. The van der Waals surface area contributed by atoms with Crippen LogP contribution in [0.5, 0.6) is 0 Å². The third kappa shape index (κ3) is 7.04. The number of halogens is 11. The zero-order chi connectivity index (χ0) is 30.0. The lowest BCUT2D eigenvalue weighted by Crippen LogP contribution is -2.41. The Hall–Kier alpha value is -4.24. The molecule has 0 saturated carbocycles. The molecular weight excluding hydrogens is 569 g/mol. The molecular formula is C24H15F11N4O. The van der Waals surface area contributed by atoms with Gasteiger partial charge in [0.15, 0.2) is 0 Å². The first kappa shape index (κ1) is 30.3. The monoisotopic (exact) mass is 584 g/mol. The van der Waals surface area contributed by atoms with Crippen molar-refractivity contribution in [3.05, 3.63) is 94.6 Å². The van der Waals surface area contributed by atoms with Crippen molar-refractivity contribution >= 4 is 17.7 Å². The van der Waals surface area contributed by atoms with Crippen molar-refractivity contribution < 1.29 is 53.1 Å². The molecule has 0 radical (unpaired) electrons. The molecule has 0 saturated heterocycles. The van der Waals surface area contributed by atoms with Crippen LogP contribution in [0.4, 0.5) is 54.2 Å². The van der Waals surface area contributed by atoms with Crippen LogP contribution in [0.15, 0.2) is 60.9 Å². The van der Waals surface area contributed by atoms with E-state index in [-0.39, 0.29) is 30.2 Å². The van der Waals surface area contributed by atoms with Crippen molar-refractivity contribution in [1.29, 1.82) is 0 Å². The highest BCUT2D eigenvalue weighted by Gasteiger charge is 2.42. The van der Waals surface area contributed by atoms with Crippen LogP contribution in [-0.2, 0) is 12.4 Å². The highest BCUT2D eigenvalue weighted by molar-refractivity contribution is 5.97. The molecule has 3 aromatic rings. The number of hydrazine groups is 1. The number of carbonyl (C=O) groups excluding carboxylic acids is 1. The van der Waals surface area contributed by atoms with Crippen LogP contribution in [0, 0.1) is 5.82 Å². The van der Waals surface area contributed by atoms with Gasteiger partial charge in [-0.1, -0.05) is 12.1 Å². The van der Waals surface area contributed by atoms with Crippen LogP contribution in [0.25, 0.3) is 5.83 Å². The van der Waals surface area contributed by atoms with E-state index in [2.05, 4.69) is 15.4 Å². The number of carbonyl (C=O) groups is 1. The summed E-state index contributed by atoms with van der Waals surface area (Å²) in [6.07, 6.45) is -13.8. The maximum Gasteiger partial charge on any atom is 0.419 e. The summed E-state index contributed by atoms with van der Waals surface area (Å²) < 4.78 is 150. The van der Waals surface area contributed by atoms with Crippen molar-refractivity contribution in [3.8, 4) is 0 Å². The van der Waals surface area contributed by atoms with Crippen LogP contribution in [0.1, 0.15) is 38.5 Å². The van der Waals surface area contributed by atoms with Crippen LogP contribution < -0.4 is 10.4 Å². The molecule has 0 spiro atoms. The zero-order valence-corrected chi connectivity index (χ0v) is 19.8. The van der Waals surface area contributed by atoms with E-state index in [0.717, 1.165) is 5.01 Å². The summed E-state index contributed by atoms with van der Waals surface area (Å²) in [7, 11) is 1.20. The molecule has 1 amide bonds. The summed E-state index contributed by atoms with van der Waals surface area (Å²) in [5, 5.41) is 0.878. The third-order valence-corrected chi connectivity index (χ3v) is 5.29. The number of anilines is 1. The number of aromatic nitrogens is 2. The predicted molar refractivity (Wildman–Crippen MR) is 119 cm³/mol. The minimum absolute atomic E-state index is 0.0685. The van der Waals surface area contributed by atoms with Crippen molar-refractivity contribution in [3.63, 3.8) is 0 Å². The first-order chi connectivity index (χ1) is 18.4. The van der Waals surface area contributed by atoms with Gasteiger partial charge < -0.3 is 0 Å². The number of alkyl halides is 9. The molecule has 5 nitrogen and oxygen atoms in total. The molecule has 1 heterocycles. The number of allylic oxidation sites excluding steroid dienone is 1. The molecule has 0 aliphatic heterocycles. The predicted octanol–water partition coefficient (Wildman–Crippen LogP) is 7.09. The minimum Gasteiger partial charge on any atom is -0.267 e. The lowest BCUT2D eigenvalue weighted by Gasteiger charge is -2.20. The average Bonchev–Trinajstić information content (AvgIpc) is 2.85. The van der Waals surface area contributed by atoms with Crippen molar-refractivity contribution in [2.45, 2.75) is 24.4 Å². The maximum absolute atomic E-state index is 14.9. The summed E-state index contributed by atoms with van der Waals surface area (Å²) in [4.78, 5) is 20.1. The summed E-state index contributed by atoms with van der Waals surface area (Å²) in [5.74, 6) is -8.33. The topological polar surface area (TPSA) is 58.1 Å². The largest absolute Gasteiger partial charge is 0.419 e.